The highest BCUT2D eigenvalue weighted by Gasteiger charge is 2.09. The maximum absolute atomic E-state index is 9.74. The number of rotatable bonds is 2. The van der Waals surface area contributed by atoms with E-state index in [2.05, 4.69) is 4.98 Å². The third-order valence-electron chi connectivity index (χ3n) is 2.63. The number of benzene rings is 1. The molecule has 1 N–H and O–H groups in total. The van der Waals surface area contributed by atoms with Crippen LogP contribution in [0.25, 0.3) is 10.9 Å². The zero-order chi connectivity index (χ0) is 11.7. The summed E-state index contributed by atoms with van der Waals surface area (Å²) < 4.78 is 5.18. The molecule has 2 aromatic rings. The number of fused-ring (bicyclic) bond motifs is 1. The van der Waals surface area contributed by atoms with Crippen molar-refractivity contribution >= 4 is 10.9 Å². The Labute approximate surface area is 94.7 Å². The van der Waals surface area contributed by atoms with Gasteiger partial charge in [0.2, 0.25) is 0 Å². The van der Waals surface area contributed by atoms with Gasteiger partial charge < -0.3 is 9.84 Å². The van der Waals surface area contributed by atoms with Crippen LogP contribution in [0, 0.1) is 6.92 Å². The maximum Gasteiger partial charge on any atom is 0.119 e. The number of nitrogens with zero attached hydrogens (tertiary/aromatic N) is 1. The number of aromatic nitrogens is 1. The number of ether oxygens (including phenoxy) is 1. The van der Waals surface area contributed by atoms with Gasteiger partial charge in [-0.15, -0.1) is 0 Å². The Morgan fingerprint density at radius 2 is 2.06 bits per heavy atom. The van der Waals surface area contributed by atoms with E-state index in [0.29, 0.717) is 0 Å². The van der Waals surface area contributed by atoms with Crippen molar-refractivity contribution in [3.63, 3.8) is 0 Å². The van der Waals surface area contributed by atoms with E-state index in [-0.39, 0.29) is 0 Å². The minimum atomic E-state index is -0.503. The van der Waals surface area contributed by atoms with Gasteiger partial charge >= 0.3 is 0 Å². The Balaban J connectivity index is 2.75. The summed E-state index contributed by atoms with van der Waals surface area (Å²) in [5.74, 6) is 0.778. The standard InChI is InChI=1S/C13H15NO2/c1-8-6-11(9(2)15)12-7-10(16-3)4-5-13(12)14-8/h4-7,9,15H,1-3H3. The van der Waals surface area contributed by atoms with E-state index in [1.807, 2.05) is 31.2 Å². The second-order valence-corrected chi connectivity index (χ2v) is 3.91. The highest BCUT2D eigenvalue weighted by molar-refractivity contribution is 5.84. The highest BCUT2D eigenvalue weighted by atomic mass is 16.5. The number of aliphatic hydroxyl groups excluding tert-OH is 1. The van der Waals surface area contributed by atoms with Crippen molar-refractivity contribution in [1.82, 2.24) is 4.98 Å². The van der Waals surface area contributed by atoms with Crippen LogP contribution in [0.15, 0.2) is 24.3 Å². The van der Waals surface area contributed by atoms with Crippen LogP contribution in [-0.4, -0.2) is 17.2 Å². The lowest BCUT2D eigenvalue weighted by molar-refractivity contribution is 0.200. The van der Waals surface area contributed by atoms with Gasteiger partial charge in [0.15, 0.2) is 0 Å². The molecule has 0 aliphatic heterocycles. The second-order valence-electron chi connectivity index (χ2n) is 3.91. The zero-order valence-corrected chi connectivity index (χ0v) is 9.69. The fraction of sp³-hybridized carbons (Fsp3) is 0.308. The minimum absolute atomic E-state index is 0.503. The molecule has 1 aromatic carbocycles. The summed E-state index contributed by atoms with van der Waals surface area (Å²) in [5.41, 5.74) is 2.69. The van der Waals surface area contributed by atoms with Crippen molar-refractivity contribution in [3.05, 3.63) is 35.5 Å². The van der Waals surface area contributed by atoms with Crippen molar-refractivity contribution < 1.29 is 9.84 Å². The maximum atomic E-state index is 9.74. The first kappa shape index (κ1) is 10.9. The van der Waals surface area contributed by atoms with Crippen molar-refractivity contribution in [3.8, 4) is 5.75 Å². The molecule has 1 heterocycles. The molecule has 1 atom stereocenters. The summed E-state index contributed by atoms with van der Waals surface area (Å²) in [4.78, 5) is 4.43. The summed E-state index contributed by atoms with van der Waals surface area (Å²) in [6.07, 6.45) is -0.503. The number of aryl methyl sites for hydroxylation is 1. The summed E-state index contributed by atoms with van der Waals surface area (Å²) >= 11 is 0. The van der Waals surface area contributed by atoms with Crippen LogP contribution < -0.4 is 4.74 Å². The number of aliphatic hydroxyl groups is 1. The van der Waals surface area contributed by atoms with Crippen LogP contribution in [0.4, 0.5) is 0 Å². The Hall–Kier alpha value is -1.61. The van der Waals surface area contributed by atoms with Crippen molar-refractivity contribution in [1.29, 1.82) is 0 Å². The molecule has 3 nitrogen and oxygen atoms in total. The highest BCUT2D eigenvalue weighted by Crippen LogP contribution is 2.27. The average molecular weight is 217 g/mol. The lowest BCUT2D eigenvalue weighted by Crippen LogP contribution is -1.96. The summed E-state index contributed by atoms with van der Waals surface area (Å²) in [7, 11) is 1.63. The minimum Gasteiger partial charge on any atom is -0.497 e. The fourth-order valence-corrected chi connectivity index (χ4v) is 1.84. The molecule has 0 saturated heterocycles. The van der Waals surface area contributed by atoms with Crippen LogP contribution in [0.2, 0.25) is 0 Å². The predicted octanol–water partition coefficient (Wildman–Crippen LogP) is 2.61. The molecule has 0 bridgehead atoms. The molecular formula is C13H15NO2. The van der Waals surface area contributed by atoms with Gasteiger partial charge in [0.25, 0.3) is 0 Å². The molecule has 84 valence electrons. The molecule has 3 heteroatoms. The molecule has 0 aliphatic rings. The van der Waals surface area contributed by atoms with Crippen molar-refractivity contribution in [2.75, 3.05) is 7.11 Å². The Kier molecular flexibility index (Phi) is 2.79. The second kappa shape index (κ2) is 4.10. The predicted molar refractivity (Wildman–Crippen MR) is 63.7 cm³/mol. The summed E-state index contributed by atoms with van der Waals surface area (Å²) in [6, 6.07) is 7.60. The molecule has 1 unspecified atom stereocenters. The van der Waals surface area contributed by atoms with Gasteiger partial charge in [-0.3, -0.25) is 4.98 Å². The van der Waals surface area contributed by atoms with Crippen LogP contribution in [0.3, 0.4) is 0 Å². The molecule has 1 aromatic heterocycles. The normalized spacial score (nSPS) is 12.8. The Morgan fingerprint density at radius 1 is 1.31 bits per heavy atom. The zero-order valence-electron chi connectivity index (χ0n) is 9.69. The van der Waals surface area contributed by atoms with Gasteiger partial charge in [-0.2, -0.15) is 0 Å². The molecule has 16 heavy (non-hydrogen) atoms. The third kappa shape index (κ3) is 1.86. The first-order valence-electron chi connectivity index (χ1n) is 5.25. The van der Waals surface area contributed by atoms with Gasteiger partial charge in [0.05, 0.1) is 18.7 Å². The molecule has 0 fully saturated rings. The molecule has 0 spiro atoms. The van der Waals surface area contributed by atoms with E-state index < -0.39 is 6.10 Å². The first-order valence-corrected chi connectivity index (χ1v) is 5.25. The lowest BCUT2D eigenvalue weighted by Gasteiger charge is -2.11. The quantitative estimate of drug-likeness (QED) is 0.840. The van der Waals surface area contributed by atoms with Gasteiger partial charge in [0, 0.05) is 11.1 Å². The molecule has 0 saturated carbocycles. The van der Waals surface area contributed by atoms with E-state index in [4.69, 9.17) is 4.74 Å². The van der Waals surface area contributed by atoms with E-state index in [1.54, 1.807) is 14.0 Å². The van der Waals surface area contributed by atoms with E-state index >= 15 is 0 Å². The van der Waals surface area contributed by atoms with Crippen molar-refractivity contribution in [2.45, 2.75) is 20.0 Å². The molecule has 2 rings (SSSR count). The van der Waals surface area contributed by atoms with Crippen molar-refractivity contribution in [2.24, 2.45) is 0 Å². The summed E-state index contributed by atoms with van der Waals surface area (Å²) in [6.45, 7) is 3.68. The number of pyridine rings is 1. The average Bonchev–Trinajstić information content (AvgIpc) is 2.27. The topological polar surface area (TPSA) is 42.4 Å². The Bertz CT molecular complexity index is 521. The van der Waals surface area contributed by atoms with E-state index in [1.165, 1.54) is 0 Å². The van der Waals surface area contributed by atoms with Gasteiger partial charge in [-0.05, 0) is 43.7 Å². The molecule has 0 radical (unpaired) electrons. The lowest BCUT2D eigenvalue weighted by atomic mass is 10.0. The smallest absolute Gasteiger partial charge is 0.119 e. The first-order chi connectivity index (χ1) is 7.61. The van der Waals surface area contributed by atoms with Crippen LogP contribution in [-0.2, 0) is 0 Å². The van der Waals surface area contributed by atoms with Crippen LogP contribution in [0.5, 0.6) is 5.75 Å². The third-order valence-corrected chi connectivity index (χ3v) is 2.63. The van der Waals surface area contributed by atoms with Gasteiger partial charge in [-0.25, -0.2) is 0 Å². The monoisotopic (exact) mass is 217 g/mol. The molecule has 0 aliphatic carbocycles. The number of methoxy groups -OCH3 is 1. The summed E-state index contributed by atoms with van der Waals surface area (Å²) in [5, 5.41) is 10.7. The van der Waals surface area contributed by atoms with Gasteiger partial charge in [0.1, 0.15) is 5.75 Å². The van der Waals surface area contributed by atoms with Crippen LogP contribution in [0.1, 0.15) is 24.3 Å². The molecular weight excluding hydrogens is 202 g/mol. The fourth-order valence-electron chi connectivity index (χ4n) is 1.84. The number of hydrogen-bond acceptors (Lipinski definition) is 3. The largest absolute Gasteiger partial charge is 0.497 e. The van der Waals surface area contributed by atoms with Gasteiger partial charge in [-0.1, -0.05) is 0 Å². The van der Waals surface area contributed by atoms with E-state index in [0.717, 1.165) is 27.9 Å². The Morgan fingerprint density at radius 3 is 2.69 bits per heavy atom. The van der Waals surface area contributed by atoms with E-state index in [9.17, 15) is 5.11 Å². The number of hydrogen-bond donors (Lipinski definition) is 1. The van der Waals surface area contributed by atoms with Crippen LogP contribution >= 0.6 is 0 Å². The molecule has 0 amide bonds. The SMILES string of the molecule is COc1ccc2nc(C)cc(C(C)O)c2c1.